The van der Waals surface area contributed by atoms with Crippen molar-refractivity contribution in [2.45, 2.75) is 31.8 Å². The second-order valence-corrected chi connectivity index (χ2v) is 6.26. The lowest BCUT2D eigenvalue weighted by atomic mass is 10.2. The van der Waals surface area contributed by atoms with E-state index in [-0.39, 0.29) is 0 Å². The largest absolute Gasteiger partial charge is 0.439 e. The molecule has 0 aliphatic carbocycles. The zero-order valence-corrected chi connectivity index (χ0v) is 12.3. The first kappa shape index (κ1) is 13.1. The van der Waals surface area contributed by atoms with Crippen LogP contribution < -0.4 is 5.73 Å². The topological polar surface area (TPSA) is 58.5 Å². The summed E-state index contributed by atoms with van der Waals surface area (Å²) in [6, 6.07) is 6.36. The summed E-state index contributed by atoms with van der Waals surface area (Å²) in [5.74, 6) is 0.803. The monoisotopic (exact) mass is 286 g/mol. The van der Waals surface area contributed by atoms with Crippen LogP contribution in [0.4, 0.5) is 5.69 Å². The summed E-state index contributed by atoms with van der Waals surface area (Å²) in [4.78, 5) is 9.66. The Morgan fingerprint density at radius 2 is 2.10 bits per heavy atom. The van der Waals surface area contributed by atoms with E-state index >= 15 is 0 Å². The molecular weight excluding hydrogens is 264 g/mol. The molecule has 2 fully saturated rings. The summed E-state index contributed by atoms with van der Waals surface area (Å²) in [7, 11) is 0. The van der Waals surface area contributed by atoms with Crippen LogP contribution in [0.2, 0.25) is 0 Å². The molecule has 1 unspecified atom stereocenters. The zero-order chi connectivity index (χ0) is 14.2. The van der Waals surface area contributed by atoms with Gasteiger partial charge in [-0.1, -0.05) is 0 Å². The van der Waals surface area contributed by atoms with Crippen LogP contribution in [-0.4, -0.2) is 47.0 Å². The lowest BCUT2D eigenvalue weighted by Crippen LogP contribution is -2.35. The first-order valence-electron chi connectivity index (χ1n) is 7.89. The highest BCUT2D eigenvalue weighted by molar-refractivity contribution is 5.76. The fourth-order valence-corrected chi connectivity index (χ4v) is 3.61. The van der Waals surface area contributed by atoms with Gasteiger partial charge in [0.2, 0.25) is 5.89 Å². The van der Waals surface area contributed by atoms with Crippen molar-refractivity contribution in [1.29, 1.82) is 0 Å². The number of likely N-dealkylation sites (tertiary alicyclic amines) is 2. The Kier molecular flexibility index (Phi) is 3.31. The van der Waals surface area contributed by atoms with Crippen LogP contribution in [-0.2, 0) is 6.54 Å². The molecule has 0 spiro atoms. The van der Waals surface area contributed by atoms with E-state index in [2.05, 4.69) is 14.8 Å². The normalized spacial score (nSPS) is 24.3. The number of benzene rings is 1. The summed E-state index contributed by atoms with van der Waals surface area (Å²) in [5.41, 5.74) is 8.21. The third-order valence-corrected chi connectivity index (χ3v) is 4.72. The smallest absolute Gasteiger partial charge is 0.209 e. The van der Waals surface area contributed by atoms with Gasteiger partial charge in [0.1, 0.15) is 5.52 Å². The van der Waals surface area contributed by atoms with Gasteiger partial charge in [-0.25, -0.2) is 4.98 Å². The minimum absolute atomic E-state index is 0.729. The minimum Gasteiger partial charge on any atom is -0.439 e. The number of nitrogens with two attached hydrogens (primary N) is 1. The Morgan fingerprint density at radius 1 is 1.24 bits per heavy atom. The van der Waals surface area contributed by atoms with E-state index in [4.69, 9.17) is 10.2 Å². The molecule has 0 amide bonds. The molecule has 2 N–H and O–H groups in total. The molecule has 21 heavy (non-hydrogen) atoms. The van der Waals surface area contributed by atoms with E-state index in [9.17, 15) is 0 Å². The molecule has 0 saturated carbocycles. The third-order valence-electron chi connectivity index (χ3n) is 4.72. The number of nitrogen functional groups attached to an aromatic ring is 1. The molecule has 4 rings (SSSR count). The minimum atomic E-state index is 0.729. The summed E-state index contributed by atoms with van der Waals surface area (Å²) in [5, 5.41) is 0. The summed E-state index contributed by atoms with van der Waals surface area (Å²) in [6.45, 7) is 5.64. The van der Waals surface area contributed by atoms with Crippen LogP contribution >= 0.6 is 0 Å². The highest BCUT2D eigenvalue weighted by atomic mass is 16.3. The second kappa shape index (κ2) is 5.31. The van der Waals surface area contributed by atoms with E-state index in [0.29, 0.717) is 0 Å². The molecule has 0 radical (unpaired) electrons. The summed E-state index contributed by atoms with van der Waals surface area (Å²) in [6.07, 6.45) is 4.00. The van der Waals surface area contributed by atoms with Gasteiger partial charge in [0.05, 0.1) is 6.54 Å². The first-order chi connectivity index (χ1) is 10.3. The maximum atomic E-state index is 5.82. The van der Waals surface area contributed by atoms with Crippen molar-refractivity contribution in [2.24, 2.45) is 0 Å². The number of oxazole rings is 1. The molecule has 5 nitrogen and oxygen atoms in total. The number of hydrogen-bond acceptors (Lipinski definition) is 5. The molecule has 2 aliphatic heterocycles. The Bertz CT molecular complexity index is 632. The highest BCUT2D eigenvalue weighted by Gasteiger charge is 2.29. The van der Waals surface area contributed by atoms with Gasteiger partial charge in [-0.15, -0.1) is 0 Å². The summed E-state index contributed by atoms with van der Waals surface area (Å²) < 4.78 is 5.82. The molecule has 5 heteroatoms. The van der Waals surface area contributed by atoms with Gasteiger partial charge < -0.3 is 10.2 Å². The highest BCUT2D eigenvalue weighted by Crippen LogP contribution is 2.23. The van der Waals surface area contributed by atoms with E-state index < -0.39 is 0 Å². The maximum absolute atomic E-state index is 5.82. The summed E-state index contributed by atoms with van der Waals surface area (Å²) >= 11 is 0. The lowest BCUT2D eigenvalue weighted by molar-refractivity contribution is 0.222. The Hall–Kier alpha value is -1.59. The molecule has 1 aromatic heterocycles. The number of rotatable bonds is 3. The van der Waals surface area contributed by atoms with Crippen LogP contribution in [0.1, 0.15) is 25.2 Å². The van der Waals surface area contributed by atoms with Gasteiger partial charge in [0, 0.05) is 24.8 Å². The average Bonchev–Trinajstić information content (AvgIpc) is 3.16. The SMILES string of the molecule is Nc1ccc2oc(CN3CCC(N4CCCC4)C3)nc2c1. The van der Waals surface area contributed by atoms with Gasteiger partial charge >= 0.3 is 0 Å². The van der Waals surface area contributed by atoms with Gasteiger partial charge in [0.25, 0.3) is 0 Å². The molecule has 2 aliphatic rings. The van der Waals surface area contributed by atoms with E-state index in [1.165, 1.54) is 32.4 Å². The maximum Gasteiger partial charge on any atom is 0.209 e. The van der Waals surface area contributed by atoms with Gasteiger partial charge in [-0.3, -0.25) is 9.80 Å². The van der Waals surface area contributed by atoms with Crippen molar-refractivity contribution in [3.8, 4) is 0 Å². The van der Waals surface area contributed by atoms with E-state index in [1.807, 2.05) is 18.2 Å². The first-order valence-corrected chi connectivity index (χ1v) is 7.89. The average molecular weight is 286 g/mol. The van der Waals surface area contributed by atoms with Crippen LogP contribution in [0, 0.1) is 0 Å². The molecule has 0 bridgehead atoms. The van der Waals surface area contributed by atoms with Crippen LogP contribution in [0.25, 0.3) is 11.1 Å². The van der Waals surface area contributed by atoms with Crippen LogP contribution in [0.3, 0.4) is 0 Å². The van der Waals surface area contributed by atoms with Crippen molar-refractivity contribution in [3.05, 3.63) is 24.1 Å². The van der Waals surface area contributed by atoms with Crippen molar-refractivity contribution in [1.82, 2.24) is 14.8 Å². The lowest BCUT2D eigenvalue weighted by Gasteiger charge is -2.23. The Balaban J connectivity index is 1.43. The quantitative estimate of drug-likeness (QED) is 0.875. The van der Waals surface area contributed by atoms with Crippen molar-refractivity contribution in [3.63, 3.8) is 0 Å². The van der Waals surface area contributed by atoms with E-state index in [0.717, 1.165) is 48.4 Å². The second-order valence-electron chi connectivity index (χ2n) is 6.26. The van der Waals surface area contributed by atoms with Gasteiger partial charge in [-0.05, 0) is 50.6 Å². The predicted octanol–water partition coefficient (Wildman–Crippen LogP) is 2.08. The van der Waals surface area contributed by atoms with Gasteiger partial charge in [0.15, 0.2) is 5.58 Å². The predicted molar refractivity (Wildman–Crippen MR) is 82.9 cm³/mol. The molecule has 1 atom stereocenters. The molecular formula is C16H22N4O. The number of aromatic nitrogens is 1. The Morgan fingerprint density at radius 3 is 2.95 bits per heavy atom. The fraction of sp³-hybridized carbons (Fsp3) is 0.562. The molecule has 2 aromatic rings. The van der Waals surface area contributed by atoms with E-state index in [1.54, 1.807) is 0 Å². The standard InChI is InChI=1S/C16H22N4O/c17-12-3-4-15-14(9-12)18-16(21-15)11-19-8-5-13(10-19)20-6-1-2-7-20/h3-4,9,13H,1-2,5-8,10-11,17H2. The number of nitrogens with zero attached hydrogens (tertiary/aromatic N) is 3. The molecule has 3 heterocycles. The van der Waals surface area contributed by atoms with Crippen LogP contribution in [0.15, 0.2) is 22.6 Å². The molecule has 112 valence electrons. The van der Waals surface area contributed by atoms with Crippen LogP contribution in [0.5, 0.6) is 0 Å². The third kappa shape index (κ3) is 2.63. The number of fused-ring (bicyclic) bond motifs is 1. The van der Waals surface area contributed by atoms with Crippen molar-refractivity contribution < 1.29 is 4.42 Å². The van der Waals surface area contributed by atoms with Gasteiger partial charge in [-0.2, -0.15) is 0 Å². The molecule has 1 aromatic carbocycles. The van der Waals surface area contributed by atoms with Crippen molar-refractivity contribution in [2.75, 3.05) is 31.9 Å². The Labute approximate surface area is 124 Å². The fourth-order valence-electron chi connectivity index (χ4n) is 3.61. The number of anilines is 1. The molecule has 2 saturated heterocycles. The zero-order valence-electron chi connectivity index (χ0n) is 12.3. The number of hydrogen-bond donors (Lipinski definition) is 1. The van der Waals surface area contributed by atoms with Crippen molar-refractivity contribution >= 4 is 16.8 Å².